The monoisotopic (exact) mass is 135 g/mol. The van der Waals surface area contributed by atoms with Crippen molar-refractivity contribution >= 4 is 23.1 Å². The van der Waals surface area contributed by atoms with Crippen LogP contribution in [-0.4, -0.2) is 26.2 Å². The van der Waals surface area contributed by atoms with Gasteiger partial charge in [0.2, 0.25) is 2.86 Å². The second-order valence-corrected chi connectivity index (χ2v) is 2.22. The van der Waals surface area contributed by atoms with Crippen LogP contribution in [0, 0.1) is 0 Å². The molecule has 0 spiro atoms. The lowest BCUT2D eigenvalue weighted by molar-refractivity contribution is 0.690. The van der Waals surface area contributed by atoms with Gasteiger partial charge in [0.1, 0.15) is 1.17 Å². The summed E-state index contributed by atoms with van der Waals surface area (Å²) < 4.78 is 25.5. The van der Waals surface area contributed by atoms with E-state index >= 15 is 0 Å². The Balaban J connectivity index is -0.0000000646. The average molecular weight is 136 g/mol. The first-order valence-corrected chi connectivity index (χ1v) is 2.95. The van der Waals surface area contributed by atoms with Gasteiger partial charge in [-0.2, -0.15) is 0 Å². The summed E-state index contributed by atoms with van der Waals surface area (Å²) >= 11 is 3.89. The summed E-state index contributed by atoms with van der Waals surface area (Å²) in [6, 6.07) is 0. The van der Waals surface area contributed by atoms with Gasteiger partial charge < -0.3 is 5.48 Å². The van der Waals surface area contributed by atoms with Gasteiger partial charge in [0.15, 0.2) is 0 Å². The van der Waals surface area contributed by atoms with E-state index in [4.69, 9.17) is 4.04 Å². The molecule has 6 heavy (non-hydrogen) atoms. The third-order valence-electron chi connectivity index (χ3n) is 0. The summed E-state index contributed by atoms with van der Waals surface area (Å²) in [6.45, 7) is 0. The van der Waals surface area contributed by atoms with Gasteiger partial charge in [-0.1, -0.05) is 0 Å². The van der Waals surface area contributed by atoms with Crippen molar-refractivity contribution in [3.05, 3.63) is 0 Å². The molecule has 2 nitrogen and oxygen atoms in total. The summed E-state index contributed by atoms with van der Waals surface area (Å²) in [4.78, 5) is 0. The van der Waals surface area contributed by atoms with E-state index in [-0.39, 0.29) is 0 Å². The lowest BCUT2D eigenvalue weighted by Gasteiger charge is -1.60. The lowest BCUT2D eigenvalue weighted by Crippen LogP contribution is -1.70. The fourth-order valence-corrected chi connectivity index (χ4v) is 0. The Hall–Kier alpha value is 0.400. The molecule has 0 atom stereocenters. The normalized spacial score (nSPS) is 10.3. The molecule has 0 heterocycles. The van der Waals surface area contributed by atoms with Crippen molar-refractivity contribution in [3.63, 3.8) is 0 Å². The molecule has 0 bridgehead atoms. The van der Waals surface area contributed by atoms with Crippen LogP contribution in [0.15, 0.2) is 0 Å². The van der Waals surface area contributed by atoms with Crippen LogP contribution in [0.2, 0.25) is 0 Å². The van der Waals surface area contributed by atoms with Gasteiger partial charge in [-0.3, -0.25) is 4.21 Å². The van der Waals surface area contributed by atoms with Crippen LogP contribution in [0.4, 0.5) is 0 Å². The lowest BCUT2D eigenvalue weighted by atomic mass is 11.9. The second kappa shape index (κ2) is 9.04. The molecule has 0 aliphatic rings. The third kappa shape index (κ3) is 318. The molecule has 0 aliphatic carbocycles. The molecule has 0 fully saturated rings. The average Bonchev–Trinajstić information content (AvgIpc) is 1.71. The van der Waals surface area contributed by atoms with Crippen molar-refractivity contribution in [1.29, 1.82) is 4.04 Å². The summed E-state index contributed by atoms with van der Waals surface area (Å²) in [7, 11) is -0.611. The van der Waals surface area contributed by atoms with Crippen LogP contribution in [0.3, 0.4) is 0 Å². The minimum absolute atomic E-state index is 0.611. The fourth-order valence-electron chi connectivity index (χ4n) is 0. The Labute approximate surface area is 50.2 Å². The zero-order valence-corrected chi connectivity index (χ0v) is 5.18. The maximum absolute atomic E-state index is 9.56. The zero-order valence-electron chi connectivity index (χ0n) is 6.60. The maximum atomic E-state index is 9.56. The van der Waals surface area contributed by atoms with Gasteiger partial charge in [-0.15, -0.1) is 12.3 Å². The SMILES string of the molecule is CS(C)=O.[2H]Cl.[2H]O[2H]. The Bertz CT molecular complexity index is 51.1. The van der Waals surface area contributed by atoms with E-state index in [1.165, 1.54) is 0 Å². The molecule has 0 aromatic heterocycles. The highest BCUT2D eigenvalue weighted by Crippen LogP contribution is 1.47. The Kier molecular flexibility index (Phi) is 6.87. The maximum Gasteiger partial charge on any atom is 0.206 e. The molecule has 2 N–H and O–H groups in total. The van der Waals surface area contributed by atoms with Crippen molar-refractivity contribution in [2.24, 2.45) is 0 Å². The van der Waals surface area contributed by atoms with Crippen molar-refractivity contribution in [2.75, 3.05) is 12.5 Å². The molecular formula is C2H9ClO2S. The van der Waals surface area contributed by atoms with Gasteiger partial charge in [-0.25, -0.2) is 0 Å². The van der Waals surface area contributed by atoms with Gasteiger partial charge in [0, 0.05) is 23.3 Å². The molecule has 0 unspecified atom stereocenters. The number of hydrogen-bond donors (Lipinski definition) is 0. The number of halogens is 1. The summed E-state index contributed by atoms with van der Waals surface area (Å²) in [5, 5.41) is 0. The Morgan fingerprint density at radius 3 is 2.00 bits per heavy atom. The first-order valence-electron chi connectivity index (χ1n) is 2.18. The van der Waals surface area contributed by atoms with Gasteiger partial charge >= 0.3 is 0 Å². The van der Waals surface area contributed by atoms with Crippen LogP contribution in [0.25, 0.3) is 0 Å². The van der Waals surface area contributed by atoms with E-state index in [1.54, 1.807) is 12.5 Å². The smallest absolute Gasteiger partial charge is 0.206 e. The van der Waals surface area contributed by atoms with E-state index in [2.05, 4.69) is 17.8 Å². The Morgan fingerprint density at radius 2 is 2.00 bits per heavy atom. The van der Waals surface area contributed by atoms with E-state index in [1.807, 2.05) is 0 Å². The van der Waals surface area contributed by atoms with E-state index < -0.39 is 10.8 Å². The number of rotatable bonds is 0. The zero-order chi connectivity index (χ0) is 8.28. The van der Waals surface area contributed by atoms with Crippen molar-refractivity contribution in [3.8, 4) is 0 Å². The molecule has 4 heteroatoms. The third-order valence-corrected chi connectivity index (χ3v) is 0. The topological polar surface area (TPSA) is 48.6 Å². The number of hydrogen-bond acceptors (Lipinski definition) is 1. The van der Waals surface area contributed by atoms with Gasteiger partial charge in [0.25, 0.3) is 0 Å². The van der Waals surface area contributed by atoms with Crippen LogP contribution in [-0.2, 0) is 10.8 Å². The summed E-state index contributed by atoms with van der Waals surface area (Å²) in [5.41, 5.74) is 2.75. The first-order chi connectivity index (χ1) is 4.15. The van der Waals surface area contributed by atoms with Crippen molar-refractivity contribution in [1.82, 2.24) is 0 Å². The quantitative estimate of drug-likeness (QED) is 0.446. The predicted molar refractivity (Wildman–Crippen MR) is 30.9 cm³/mol. The standard InChI is InChI=1S/C2H6OS.ClH.H2O/c1-4(2)3;;/h1-2H3;1H;1H2/i/hD3. The highest BCUT2D eigenvalue weighted by Gasteiger charge is 1.57. The van der Waals surface area contributed by atoms with E-state index in [0.29, 0.717) is 0 Å². The molecule has 42 valence electrons. The molecule has 0 radical (unpaired) electrons. The summed E-state index contributed by atoms with van der Waals surface area (Å²) in [6.07, 6.45) is 3.28. The first kappa shape index (κ1) is 4.56. The second-order valence-electron chi connectivity index (χ2n) is 0.742. The van der Waals surface area contributed by atoms with E-state index in [9.17, 15) is 4.21 Å². The molecule has 0 saturated heterocycles. The summed E-state index contributed by atoms with van der Waals surface area (Å²) in [5.74, 6) is 0. The molecule has 0 aliphatic heterocycles. The van der Waals surface area contributed by atoms with Crippen LogP contribution >= 0.6 is 12.3 Å². The molecule has 0 saturated carbocycles. The van der Waals surface area contributed by atoms with Crippen molar-refractivity contribution < 1.29 is 9.69 Å². The fraction of sp³-hybridized carbons (Fsp3) is 1.00. The van der Waals surface area contributed by atoms with Crippen LogP contribution < -0.4 is 0 Å². The van der Waals surface area contributed by atoms with Gasteiger partial charge in [0.05, 0.1) is 0 Å². The molecule has 0 aromatic rings. The highest BCUT2D eigenvalue weighted by atomic mass is 35.5. The molecule has 0 aromatic carbocycles. The van der Waals surface area contributed by atoms with Crippen molar-refractivity contribution in [2.45, 2.75) is 0 Å². The predicted octanol–water partition coefficient (Wildman–Crippen LogP) is -0.408. The minimum Gasteiger partial charge on any atom is -0.412 e. The molecule has 0 rings (SSSR count). The largest absolute Gasteiger partial charge is 0.412 e. The van der Waals surface area contributed by atoms with Crippen LogP contribution in [0.1, 0.15) is 0 Å². The Morgan fingerprint density at radius 1 is 2.00 bits per heavy atom. The van der Waals surface area contributed by atoms with Crippen LogP contribution in [0.5, 0.6) is 0 Å². The molecule has 0 amide bonds. The molecular weight excluding hydrogens is 124 g/mol. The van der Waals surface area contributed by atoms with E-state index in [0.717, 1.165) is 0 Å². The van der Waals surface area contributed by atoms with Gasteiger partial charge in [-0.05, 0) is 0 Å². The highest BCUT2D eigenvalue weighted by molar-refractivity contribution is 7.83. The minimum atomic E-state index is -0.611.